The van der Waals surface area contributed by atoms with Crippen LogP contribution >= 0.6 is 0 Å². The number of esters is 1. The van der Waals surface area contributed by atoms with Gasteiger partial charge < -0.3 is 4.74 Å². The zero-order chi connectivity index (χ0) is 23.7. The van der Waals surface area contributed by atoms with E-state index in [2.05, 4.69) is 47.6 Å². The highest BCUT2D eigenvalue weighted by molar-refractivity contribution is 5.66. The maximum absolute atomic E-state index is 11.5. The summed E-state index contributed by atoms with van der Waals surface area (Å²) in [5.74, 6) is 8.09. The minimum absolute atomic E-state index is 0.113. The van der Waals surface area contributed by atoms with Crippen molar-refractivity contribution in [1.82, 2.24) is 0 Å². The second-order valence-corrected chi connectivity index (χ2v) is 14.0. The fraction of sp³-hybridized carbons (Fsp3) is 0.903. The van der Waals surface area contributed by atoms with Crippen molar-refractivity contribution in [3.8, 4) is 0 Å². The lowest BCUT2D eigenvalue weighted by Gasteiger charge is -2.58. The molecular weight excluding hydrogens is 404 g/mol. The molecule has 11 unspecified atom stereocenters. The van der Waals surface area contributed by atoms with Crippen molar-refractivity contribution in [1.29, 1.82) is 0 Å². The molecule has 4 saturated carbocycles. The maximum Gasteiger partial charge on any atom is 0.302 e. The Morgan fingerprint density at radius 3 is 2.45 bits per heavy atom. The van der Waals surface area contributed by atoms with E-state index in [1.165, 1.54) is 44.9 Å². The molecule has 0 aromatic rings. The first-order chi connectivity index (χ1) is 15.6. The molecule has 11 atom stereocenters. The first kappa shape index (κ1) is 23.9. The van der Waals surface area contributed by atoms with Crippen LogP contribution in [0.25, 0.3) is 0 Å². The molecule has 0 bridgehead atoms. The summed E-state index contributed by atoms with van der Waals surface area (Å²) in [6.45, 7) is 16.8. The van der Waals surface area contributed by atoms with Crippen LogP contribution in [0.3, 0.4) is 0 Å². The molecule has 0 amide bonds. The van der Waals surface area contributed by atoms with Gasteiger partial charge >= 0.3 is 5.97 Å². The highest BCUT2D eigenvalue weighted by Crippen LogP contribution is 2.69. The Bertz CT molecular complexity index is 797. The Morgan fingerprint density at radius 2 is 1.76 bits per heavy atom. The van der Waals surface area contributed by atoms with Gasteiger partial charge in [-0.3, -0.25) is 4.79 Å². The van der Waals surface area contributed by atoms with Crippen molar-refractivity contribution in [2.45, 2.75) is 112 Å². The van der Waals surface area contributed by atoms with E-state index in [-0.39, 0.29) is 12.1 Å². The lowest BCUT2D eigenvalue weighted by atomic mass is 9.47. The van der Waals surface area contributed by atoms with E-state index in [4.69, 9.17) is 4.74 Å². The van der Waals surface area contributed by atoms with E-state index in [9.17, 15) is 4.79 Å². The van der Waals surface area contributed by atoms with E-state index in [1.807, 2.05) is 0 Å². The molecule has 186 valence electrons. The highest BCUT2D eigenvalue weighted by atomic mass is 16.5. The molecule has 4 fully saturated rings. The van der Waals surface area contributed by atoms with Gasteiger partial charge in [0.2, 0.25) is 0 Å². The lowest BCUT2D eigenvalue weighted by molar-refractivity contribution is -0.148. The fourth-order valence-electron chi connectivity index (χ4n) is 10.1. The van der Waals surface area contributed by atoms with Gasteiger partial charge in [-0.25, -0.2) is 0 Å². The molecule has 0 heterocycles. The number of carbonyl (C=O) groups is 1. The zero-order valence-corrected chi connectivity index (χ0v) is 22.5. The number of ether oxygens (including phenoxy) is 1. The standard InChI is InChI=1S/C31H50O2/c1-18(2)19(3)25-17-26(25)20(4)27-10-11-28-24-9-8-22-16-23(33-21(5)32)12-14-30(22,6)29(24)13-15-31(27,28)7/h8,18-20,23-29H,9-17H2,1-7H3. The zero-order valence-electron chi connectivity index (χ0n) is 22.5. The molecular formula is C31H50O2. The van der Waals surface area contributed by atoms with Crippen LogP contribution in [-0.4, -0.2) is 12.1 Å². The molecule has 5 aliphatic rings. The molecule has 0 aromatic carbocycles. The first-order valence-electron chi connectivity index (χ1n) is 14.4. The minimum Gasteiger partial charge on any atom is -0.462 e. The van der Waals surface area contributed by atoms with Gasteiger partial charge in [0, 0.05) is 13.3 Å². The quantitative estimate of drug-likeness (QED) is 0.310. The summed E-state index contributed by atoms with van der Waals surface area (Å²) in [5.41, 5.74) is 2.53. The molecule has 5 rings (SSSR count). The van der Waals surface area contributed by atoms with Crippen molar-refractivity contribution in [2.24, 2.45) is 64.1 Å². The number of fused-ring (bicyclic) bond motifs is 5. The SMILES string of the molecule is CC(=O)OC1CCC2(C)C(=CCC3C2CCC2(C)C(C(C)C4CC4C(C)C(C)C)CCC32)C1. The molecule has 0 saturated heterocycles. The van der Waals surface area contributed by atoms with E-state index in [1.54, 1.807) is 12.5 Å². The average Bonchev–Trinajstić information content (AvgIpc) is 3.47. The normalized spacial score (nSPS) is 48.2. The van der Waals surface area contributed by atoms with Crippen LogP contribution in [0.15, 0.2) is 11.6 Å². The predicted octanol–water partition coefficient (Wildman–Crippen LogP) is 8.06. The second kappa shape index (κ2) is 8.41. The van der Waals surface area contributed by atoms with Crippen LogP contribution in [0, 0.1) is 64.1 Å². The monoisotopic (exact) mass is 454 g/mol. The Morgan fingerprint density at radius 1 is 1.00 bits per heavy atom. The predicted molar refractivity (Wildman–Crippen MR) is 136 cm³/mol. The van der Waals surface area contributed by atoms with Gasteiger partial charge in [0.1, 0.15) is 6.10 Å². The summed E-state index contributed by atoms with van der Waals surface area (Å²) in [7, 11) is 0. The van der Waals surface area contributed by atoms with E-state index in [0.29, 0.717) is 10.8 Å². The number of hydrogen-bond donors (Lipinski definition) is 0. The van der Waals surface area contributed by atoms with Crippen LogP contribution in [0.1, 0.15) is 106 Å². The Kier molecular flexibility index (Phi) is 6.10. The molecule has 0 aliphatic heterocycles. The van der Waals surface area contributed by atoms with Gasteiger partial charge in [0.25, 0.3) is 0 Å². The van der Waals surface area contributed by atoms with Crippen molar-refractivity contribution in [2.75, 3.05) is 0 Å². The Labute approximate surface area is 203 Å². The smallest absolute Gasteiger partial charge is 0.302 e. The third-order valence-electron chi connectivity index (χ3n) is 12.4. The summed E-state index contributed by atoms with van der Waals surface area (Å²) < 4.78 is 5.64. The van der Waals surface area contributed by atoms with Crippen LogP contribution in [0.2, 0.25) is 0 Å². The molecule has 0 aromatic heterocycles. The van der Waals surface area contributed by atoms with Crippen LogP contribution in [0.5, 0.6) is 0 Å². The molecule has 33 heavy (non-hydrogen) atoms. The second-order valence-electron chi connectivity index (χ2n) is 14.0. The van der Waals surface area contributed by atoms with Crippen molar-refractivity contribution >= 4 is 5.97 Å². The van der Waals surface area contributed by atoms with Gasteiger partial charge in [-0.15, -0.1) is 0 Å². The summed E-state index contributed by atoms with van der Waals surface area (Å²) in [6, 6.07) is 0. The lowest BCUT2D eigenvalue weighted by Crippen LogP contribution is -2.51. The number of hydrogen-bond acceptors (Lipinski definition) is 2. The van der Waals surface area contributed by atoms with Crippen molar-refractivity contribution in [3.63, 3.8) is 0 Å². The largest absolute Gasteiger partial charge is 0.462 e. The topological polar surface area (TPSA) is 26.3 Å². The fourth-order valence-corrected chi connectivity index (χ4v) is 10.1. The molecule has 0 N–H and O–H groups in total. The van der Waals surface area contributed by atoms with Crippen LogP contribution in [0.4, 0.5) is 0 Å². The van der Waals surface area contributed by atoms with Gasteiger partial charge in [0.05, 0.1) is 0 Å². The number of allylic oxidation sites excluding steroid dienone is 1. The maximum atomic E-state index is 11.5. The van der Waals surface area contributed by atoms with Crippen LogP contribution in [-0.2, 0) is 9.53 Å². The van der Waals surface area contributed by atoms with Crippen molar-refractivity contribution in [3.05, 3.63) is 11.6 Å². The first-order valence-corrected chi connectivity index (χ1v) is 14.4. The Balaban J connectivity index is 1.31. The van der Waals surface area contributed by atoms with Crippen molar-refractivity contribution < 1.29 is 9.53 Å². The molecule has 2 heteroatoms. The van der Waals surface area contributed by atoms with E-state index in [0.717, 1.165) is 66.1 Å². The molecule has 2 nitrogen and oxygen atoms in total. The van der Waals surface area contributed by atoms with Gasteiger partial charge in [-0.1, -0.05) is 53.2 Å². The summed E-state index contributed by atoms with van der Waals surface area (Å²) >= 11 is 0. The van der Waals surface area contributed by atoms with Gasteiger partial charge in [0.15, 0.2) is 0 Å². The summed E-state index contributed by atoms with van der Waals surface area (Å²) in [6.07, 6.45) is 14.6. The molecule has 0 spiro atoms. The third kappa shape index (κ3) is 3.85. The highest BCUT2D eigenvalue weighted by Gasteiger charge is 2.61. The van der Waals surface area contributed by atoms with Gasteiger partial charge in [-0.2, -0.15) is 0 Å². The average molecular weight is 455 g/mol. The molecule has 5 aliphatic carbocycles. The van der Waals surface area contributed by atoms with Gasteiger partial charge in [-0.05, 0) is 115 Å². The third-order valence-corrected chi connectivity index (χ3v) is 12.4. The van der Waals surface area contributed by atoms with E-state index < -0.39 is 0 Å². The summed E-state index contributed by atoms with van der Waals surface area (Å²) in [5, 5.41) is 0. The summed E-state index contributed by atoms with van der Waals surface area (Å²) in [4.78, 5) is 11.5. The number of rotatable bonds is 5. The Hall–Kier alpha value is -0.790. The number of carbonyl (C=O) groups excluding carboxylic acids is 1. The molecule has 0 radical (unpaired) electrons. The van der Waals surface area contributed by atoms with Crippen LogP contribution < -0.4 is 0 Å². The minimum atomic E-state index is -0.113. The van der Waals surface area contributed by atoms with E-state index >= 15 is 0 Å².